The fourth-order valence-electron chi connectivity index (χ4n) is 1.61. The number of hydrogen-bond acceptors (Lipinski definition) is 3. The van der Waals surface area contributed by atoms with E-state index in [1.807, 2.05) is 0 Å². The van der Waals surface area contributed by atoms with Gasteiger partial charge in [0.1, 0.15) is 6.10 Å². The molecule has 1 saturated heterocycles. The minimum absolute atomic E-state index is 0.231. The zero-order chi connectivity index (χ0) is 9.84. The van der Waals surface area contributed by atoms with Gasteiger partial charge in [-0.3, -0.25) is 0 Å². The molecule has 1 fully saturated rings. The molecule has 3 nitrogen and oxygen atoms in total. The Bertz CT molecular complexity index is 174. The third-order valence-corrected chi connectivity index (χ3v) is 2.75. The molecule has 1 aliphatic rings. The maximum absolute atomic E-state index is 9.35. The molecule has 0 bridgehead atoms. The largest absolute Gasteiger partial charge is 0.393 e. The third kappa shape index (κ3) is 2.71. The maximum atomic E-state index is 9.35. The number of aliphatic hydroxyl groups excluding tert-OH is 2. The minimum Gasteiger partial charge on any atom is -0.393 e. The van der Waals surface area contributed by atoms with Crippen molar-refractivity contribution in [2.24, 2.45) is 5.92 Å². The summed E-state index contributed by atoms with van der Waals surface area (Å²) in [5.41, 5.74) is 0.661. The molecule has 3 heteroatoms. The van der Waals surface area contributed by atoms with Crippen LogP contribution < -0.4 is 0 Å². The second-order valence-electron chi connectivity index (χ2n) is 3.86. The predicted molar refractivity (Wildman–Crippen MR) is 52.2 cm³/mol. The molecule has 0 aromatic carbocycles. The fraction of sp³-hybridized carbons (Fsp3) is 0.800. The van der Waals surface area contributed by atoms with Crippen molar-refractivity contribution in [1.82, 2.24) is 4.90 Å². The molecule has 0 aliphatic carbocycles. The van der Waals surface area contributed by atoms with Crippen LogP contribution in [0.3, 0.4) is 0 Å². The van der Waals surface area contributed by atoms with Crippen molar-refractivity contribution in [2.45, 2.75) is 25.9 Å². The summed E-state index contributed by atoms with van der Waals surface area (Å²) in [6.45, 7) is 7.71. The van der Waals surface area contributed by atoms with E-state index in [1.165, 1.54) is 0 Å². The summed E-state index contributed by atoms with van der Waals surface area (Å²) in [6.07, 6.45) is 1.52. The van der Waals surface area contributed by atoms with Crippen LogP contribution in [0.4, 0.5) is 0 Å². The van der Waals surface area contributed by atoms with Gasteiger partial charge in [-0.1, -0.05) is 13.5 Å². The minimum atomic E-state index is -0.784. The van der Waals surface area contributed by atoms with Crippen molar-refractivity contribution in [3.8, 4) is 0 Å². The SMILES string of the molecule is C=C(C(O)CO)N1CCC(C)CC1. The third-order valence-electron chi connectivity index (χ3n) is 2.75. The van der Waals surface area contributed by atoms with E-state index in [4.69, 9.17) is 5.11 Å². The first-order valence-corrected chi connectivity index (χ1v) is 4.87. The summed E-state index contributed by atoms with van der Waals surface area (Å²) in [5.74, 6) is 0.773. The van der Waals surface area contributed by atoms with Crippen LogP contribution >= 0.6 is 0 Å². The quantitative estimate of drug-likeness (QED) is 0.676. The van der Waals surface area contributed by atoms with Crippen molar-refractivity contribution < 1.29 is 10.2 Å². The van der Waals surface area contributed by atoms with E-state index in [2.05, 4.69) is 18.4 Å². The second-order valence-corrected chi connectivity index (χ2v) is 3.86. The Hall–Kier alpha value is -0.540. The van der Waals surface area contributed by atoms with E-state index in [1.54, 1.807) is 0 Å². The number of piperidine rings is 1. The Kier molecular flexibility index (Phi) is 3.75. The lowest BCUT2D eigenvalue weighted by molar-refractivity contribution is 0.0868. The average Bonchev–Trinajstić information content (AvgIpc) is 2.17. The molecule has 0 spiro atoms. The standard InChI is InChI=1S/C10H19NO2/c1-8-3-5-11(6-4-8)9(2)10(13)7-12/h8,10,12-13H,2-7H2,1H3. The molecule has 76 valence electrons. The Morgan fingerprint density at radius 3 is 2.54 bits per heavy atom. The molecule has 0 aromatic heterocycles. The molecule has 1 aliphatic heterocycles. The molecular weight excluding hydrogens is 166 g/mol. The molecule has 0 amide bonds. The van der Waals surface area contributed by atoms with Crippen LogP contribution in [-0.2, 0) is 0 Å². The van der Waals surface area contributed by atoms with E-state index < -0.39 is 6.10 Å². The molecule has 0 saturated carbocycles. The molecule has 0 radical (unpaired) electrons. The highest BCUT2D eigenvalue weighted by atomic mass is 16.3. The number of hydrogen-bond donors (Lipinski definition) is 2. The number of rotatable bonds is 3. The lowest BCUT2D eigenvalue weighted by Gasteiger charge is -2.34. The molecule has 1 atom stereocenters. The van der Waals surface area contributed by atoms with Gasteiger partial charge in [-0.2, -0.15) is 0 Å². The Morgan fingerprint density at radius 2 is 2.08 bits per heavy atom. The predicted octanol–water partition coefficient (Wildman–Crippen LogP) is 0.585. The zero-order valence-electron chi connectivity index (χ0n) is 8.24. The van der Waals surface area contributed by atoms with Crippen molar-refractivity contribution in [1.29, 1.82) is 0 Å². The first-order valence-electron chi connectivity index (χ1n) is 4.87. The summed E-state index contributed by atoms with van der Waals surface area (Å²) in [5, 5.41) is 18.1. The van der Waals surface area contributed by atoms with Gasteiger partial charge in [0.2, 0.25) is 0 Å². The van der Waals surface area contributed by atoms with E-state index in [9.17, 15) is 5.11 Å². The number of aliphatic hydroxyl groups is 2. The first-order chi connectivity index (χ1) is 6.15. The van der Waals surface area contributed by atoms with E-state index in [-0.39, 0.29) is 6.61 Å². The molecule has 13 heavy (non-hydrogen) atoms. The molecule has 0 aromatic rings. The molecule has 1 unspecified atom stereocenters. The average molecular weight is 185 g/mol. The van der Waals surface area contributed by atoms with Gasteiger partial charge in [0.25, 0.3) is 0 Å². The molecule has 2 N–H and O–H groups in total. The van der Waals surface area contributed by atoms with Crippen molar-refractivity contribution in [3.05, 3.63) is 12.3 Å². The van der Waals surface area contributed by atoms with Crippen LogP contribution in [0.5, 0.6) is 0 Å². The van der Waals surface area contributed by atoms with Gasteiger partial charge in [0.05, 0.1) is 6.61 Å². The van der Waals surface area contributed by atoms with Crippen LogP contribution in [0.15, 0.2) is 12.3 Å². The number of nitrogens with zero attached hydrogens (tertiary/aromatic N) is 1. The van der Waals surface area contributed by atoms with Gasteiger partial charge in [0, 0.05) is 18.8 Å². The summed E-state index contributed by atoms with van der Waals surface area (Å²) in [6, 6.07) is 0. The maximum Gasteiger partial charge on any atom is 0.116 e. The van der Waals surface area contributed by atoms with Gasteiger partial charge in [0.15, 0.2) is 0 Å². The summed E-state index contributed by atoms with van der Waals surface area (Å²) >= 11 is 0. The van der Waals surface area contributed by atoms with Gasteiger partial charge in [-0.15, -0.1) is 0 Å². The second kappa shape index (κ2) is 4.63. The van der Waals surface area contributed by atoms with Crippen LogP contribution in [0.1, 0.15) is 19.8 Å². The Balaban J connectivity index is 2.40. The smallest absolute Gasteiger partial charge is 0.116 e. The monoisotopic (exact) mass is 185 g/mol. The van der Waals surface area contributed by atoms with Crippen molar-refractivity contribution in [2.75, 3.05) is 19.7 Å². The molecule has 1 rings (SSSR count). The van der Waals surface area contributed by atoms with Gasteiger partial charge in [-0.25, -0.2) is 0 Å². The van der Waals surface area contributed by atoms with Gasteiger partial charge in [-0.05, 0) is 18.8 Å². The Labute approximate surface area is 79.7 Å². The zero-order valence-corrected chi connectivity index (χ0v) is 8.24. The van der Waals surface area contributed by atoms with Crippen LogP contribution in [0, 0.1) is 5.92 Å². The highest BCUT2D eigenvalue weighted by Crippen LogP contribution is 2.20. The summed E-state index contributed by atoms with van der Waals surface area (Å²) in [7, 11) is 0. The lowest BCUT2D eigenvalue weighted by atomic mass is 9.98. The first kappa shape index (κ1) is 10.5. The summed E-state index contributed by atoms with van der Waals surface area (Å²) in [4.78, 5) is 2.07. The number of likely N-dealkylation sites (tertiary alicyclic amines) is 1. The van der Waals surface area contributed by atoms with Crippen LogP contribution in [-0.4, -0.2) is 40.9 Å². The van der Waals surface area contributed by atoms with Gasteiger partial charge >= 0.3 is 0 Å². The normalized spacial score (nSPS) is 21.6. The molecule has 1 heterocycles. The highest BCUT2D eigenvalue weighted by Gasteiger charge is 2.20. The topological polar surface area (TPSA) is 43.7 Å². The Morgan fingerprint density at radius 1 is 1.54 bits per heavy atom. The van der Waals surface area contributed by atoms with Crippen molar-refractivity contribution >= 4 is 0 Å². The lowest BCUT2D eigenvalue weighted by Crippen LogP contribution is -2.37. The summed E-state index contributed by atoms with van der Waals surface area (Å²) < 4.78 is 0. The van der Waals surface area contributed by atoms with E-state index >= 15 is 0 Å². The van der Waals surface area contributed by atoms with Crippen LogP contribution in [0.2, 0.25) is 0 Å². The molecular formula is C10H19NO2. The van der Waals surface area contributed by atoms with Crippen LogP contribution in [0.25, 0.3) is 0 Å². The van der Waals surface area contributed by atoms with E-state index in [0.29, 0.717) is 5.70 Å². The fourth-order valence-corrected chi connectivity index (χ4v) is 1.61. The van der Waals surface area contributed by atoms with E-state index in [0.717, 1.165) is 31.8 Å². The van der Waals surface area contributed by atoms with Gasteiger partial charge < -0.3 is 15.1 Å². The van der Waals surface area contributed by atoms with Crippen molar-refractivity contribution in [3.63, 3.8) is 0 Å². The highest BCUT2D eigenvalue weighted by molar-refractivity contribution is 5.02.